The summed E-state index contributed by atoms with van der Waals surface area (Å²) in [5.74, 6) is 0.167. The molecule has 4 heteroatoms. The summed E-state index contributed by atoms with van der Waals surface area (Å²) in [6.07, 6.45) is 0. The molecule has 1 aromatic rings. The number of benzene rings is 1. The van der Waals surface area contributed by atoms with E-state index in [2.05, 4.69) is 43.9 Å². The van der Waals surface area contributed by atoms with Gasteiger partial charge in [-0.05, 0) is 38.0 Å². The van der Waals surface area contributed by atoms with Crippen LogP contribution in [-0.4, -0.2) is 43.0 Å². The van der Waals surface area contributed by atoms with Crippen LogP contribution in [0, 0.1) is 13.8 Å². The quantitative estimate of drug-likeness (QED) is 0.892. The molecule has 4 nitrogen and oxygen atoms in total. The van der Waals surface area contributed by atoms with Crippen molar-refractivity contribution in [3.8, 4) is 0 Å². The average molecular weight is 261 g/mol. The molecule has 0 bridgehead atoms. The van der Waals surface area contributed by atoms with Crippen LogP contribution in [0.3, 0.4) is 0 Å². The molecular weight excluding hydrogens is 238 g/mol. The molecule has 1 aromatic carbocycles. The first kappa shape index (κ1) is 14.0. The molecular formula is C15H23N3O. The Balaban J connectivity index is 2.16. The fourth-order valence-corrected chi connectivity index (χ4v) is 2.48. The first-order valence-electron chi connectivity index (χ1n) is 6.84. The number of carbonyl (C=O) groups excluding carboxylic acids is 1. The molecule has 2 rings (SSSR count). The molecule has 1 unspecified atom stereocenters. The van der Waals surface area contributed by atoms with Crippen LogP contribution in [0.4, 0.5) is 5.69 Å². The molecule has 19 heavy (non-hydrogen) atoms. The molecule has 1 aliphatic rings. The molecule has 1 atom stereocenters. The lowest BCUT2D eigenvalue weighted by atomic mass is 10.1. The second-order valence-electron chi connectivity index (χ2n) is 5.39. The van der Waals surface area contributed by atoms with Crippen LogP contribution >= 0.6 is 0 Å². The van der Waals surface area contributed by atoms with Crippen LogP contribution in [0.5, 0.6) is 0 Å². The fourth-order valence-electron chi connectivity index (χ4n) is 2.48. The van der Waals surface area contributed by atoms with Crippen LogP contribution < -0.4 is 10.6 Å². The summed E-state index contributed by atoms with van der Waals surface area (Å²) in [4.78, 5) is 16.4. The van der Waals surface area contributed by atoms with E-state index in [0.29, 0.717) is 13.1 Å². The van der Waals surface area contributed by atoms with Gasteiger partial charge in [-0.15, -0.1) is 0 Å². The lowest BCUT2D eigenvalue weighted by Crippen LogP contribution is -2.54. The van der Waals surface area contributed by atoms with Gasteiger partial charge in [0.1, 0.15) is 0 Å². The maximum absolute atomic E-state index is 12.3. The number of aryl methyl sites for hydroxylation is 2. The van der Waals surface area contributed by atoms with Crippen LogP contribution in [0.25, 0.3) is 0 Å². The number of hydrogen-bond donors (Lipinski definition) is 1. The van der Waals surface area contributed by atoms with Gasteiger partial charge in [0.2, 0.25) is 5.91 Å². The summed E-state index contributed by atoms with van der Waals surface area (Å²) in [5, 5.41) is 0. The summed E-state index contributed by atoms with van der Waals surface area (Å²) < 4.78 is 0. The molecule has 1 heterocycles. The van der Waals surface area contributed by atoms with Gasteiger partial charge in [-0.25, -0.2) is 0 Å². The maximum atomic E-state index is 12.3. The highest BCUT2D eigenvalue weighted by Crippen LogP contribution is 2.23. The molecule has 0 spiro atoms. The smallest absolute Gasteiger partial charge is 0.241 e. The third kappa shape index (κ3) is 2.96. The lowest BCUT2D eigenvalue weighted by Gasteiger charge is -2.37. The maximum Gasteiger partial charge on any atom is 0.241 e. The van der Waals surface area contributed by atoms with Crippen molar-refractivity contribution < 1.29 is 4.79 Å². The molecule has 1 fully saturated rings. The molecule has 0 saturated carbocycles. The van der Waals surface area contributed by atoms with Crippen molar-refractivity contribution in [2.24, 2.45) is 5.73 Å². The Morgan fingerprint density at radius 2 is 2.05 bits per heavy atom. The van der Waals surface area contributed by atoms with Gasteiger partial charge in [-0.1, -0.05) is 12.1 Å². The summed E-state index contributed by atoms with van der Waals surface area (Å²) in [5.41, 5.74) is 9.06. The number of anilines is 1. The second kappa shape index (κ2) is 5.72. The van der Waals surface area contributed by atoms with E-state index in [1.165, 1.54) is 5.56 Å². The van der Waals surface area contributed by atoms with Gasteiger partial charge in [-0.2, -0.15) is 0 Å². The molecule has 2 N–H and O–H groups in total. The fraction of sp³-hybridized carbons (Fsp3) is 0.533. The van der Waals surface area contributed by atoms with Gasteiger partial charge >= 0.3 is 0 Å². The van der Waals surface area contributed by atoms with Crippen LogP contribution in [0.2, 0.25) is 0 Å². The largest absolute Gasteiger partial charge is 0.329 e. The van der Waals surface area contributed by atoms with Crippen LogP contribution in [-0.2, 0) is 4.79 Å². The Kier molecular flexibility index (Phi) is 4.22. The predicted octanol–water partition coefficient (Wildman–Crippen LogP) is 1.30. The number of hydrogen-bond acceptors (Lipinski definition) is 3. The van der Waals surface area contributed by atoms with E-state index in [4.69, 9.17) is 5.73 Å². The van der Waals surface area contributed by atoms with Crippen molar-refractivity contribution in [2.45, 2.75) is 26.8 Å². The van der Waals surface area contributed by atoms with E-state index in [1.807, 2.05) is 4.90 Å². The normalized spacial score (nSPS) is 18.7. The topological polar surface area (TPSA) is 49.6 Å². The summed E-state index contributed by atoms with van der Waals surface area (Å²) in [6.45, 7) is 8.87. The van der Waals surface area contributed by atoms with Crippen molar-refractivity contribution in [3.05, 3.63) is 29.3 Å². The zero-order valence-corrected chi connectivity index (χ0v) is 12.0. The van der Waals surface area contributed by atoms with E-state index < -0.39 is 0 Å². The first-order chi connectivity index (χ1) is 9.02. The van der Waals surface area contributed by atoms with Gasteiger partial charge in [0.15, 0.2) is 0 Å². The van der Waals surface area contributed by atoms with Crippen molar-refractivity contribution >= 4 is 11.6 Å². The number of nitrogens with zero attached hydrogens (tertiary/aromatic N) is 2. The minimum Gasteiger partial charge on any atom is -0.329 e. The minimum atomic E-state index is 0.167. The van der Waals surface area contributed by atoms with E-state index >= 15 is 0 Å². The zero-order chi connectivity index (χ0) is 14.0. The van der Waals surface area contributed by atoms with E-state index in [9.17, 15) is 4.79 Å². The molecule has 0 aromatic heterocycles. The zero-order valence-electron chi connectivity index (χ0n) is 12.0. The van der Waals surface area contributed by atoms with E-state index in [0.717, 1.165) is 24.3 Å². The third-order valence-electron chi connectivity index (χ3n) is 3.87. The van der Waals surface area contributed by atoms with E-state index in [1.54, 1.807) is 0 Å². The third-order valence-corrected chi connectivity index (χ3v) is 3.87. The Bertz CT molecular complexity index is 472. The Morgan fingerprint density at radius 1 is 1.32 bits per heavy atom. The molecule has 1 aliphatic heterocycles. The van der Waals surface area contributed by atoms with Crippen LogP contribution in [0.15, 0.2) is 18.2 Å². The van der Waals surface area contributed by atoms with Gasteiger partial charge in [-0.3, -0.25) is 9.69 Å². The highest BCUT2D eigenvalue weighted by Gasteiger charge is 2.27. The van der Waals surface area contributed by atoms with Gasteiger partial charge < -0.3 is 10.6 Å². The molecule has 1 amide bonds. The summed E-state index contributed by atoms with van der Waals surface area (Å²) >= 11 is 0. The Hall–Kier alpha value is -1.39. The Labute approximate surface area is 115 Å². The number of rotatable bonds is 3. The highest BCUT2D eigenvalue weighted by molar-refractivity contribution is 5.96. The highest BCUT2D eigenvalue weighted by atomic mass is 16.2. The molecule has 1 saturated heterocycles. The second-order valence-corrected chi connectivity index (χ2v) is 5.39. The number of nitrogens with two attached hydrogens (primary N) is 1. The molecule has 104 valence electrons. The van der Waals surface area contributed by atoms with Crippen molar-refractivity contribution in [1.29, 1.82) is 0 Å². The average Bonchev–Trinajstić information content (AvgIpc) is 2.41. The number of amides is 1. The molecule has 0 aliphatic carbocycles. The van der Waals surface area contributed by atoms with Gasteiger partial charge in [0.25, 0.3) is 0 Å². The number of piperazine rings is 1. The monoisotopic (exact) mass is 261 g/mol. The van der Waals surface area contributed by atoms with Crippen LogP contribution in [0.1, 0.15) is 18.1 Å². The lowest BCUT2D eigenvalue weighted by molar-refractivity contribution is -0.121. The standard InChI is InChI=1S/C15H23N3O/c1-11-4-5-12(2)14(8-11)18-7-6-17(10-15(18)19)13(3)9-16/h4-5,8,13H,6-7,9-10,16H2,1-3H3. The van der Waals surface area contributed by atoms with Gasteiger partial charge in [0.05, 0.1) is 6.54 Å². The van der Waals surface area contributed by atoms with Crippen molar-refractivity contribution in [1.82, 2.24) is 4.90 Å². The van der Waals surface area contributed by atoms with Crippen molar-refractivity contribution in [3.63, 3.8) is 0 Å². The van der Waals surface area contributed by atoms with Crippen molar-refractivity contribution in [2.75, 3.05) is 31.1 Å². The van der Waals surface area contributed by atoms with Gasteiger partial charge in [0, 0.05) is 31.4 Å². The predicted molar refractivity (Wildman–Crippen MR) is 78.4 cm³/mol. The number of carbonyl (C=O) groups is 1. The minimum absolute atomic E-state index is 0.167. The van der Waals surface area contributed by atoms with E-state index in [-0.39, 0.29) is 11.9 Å². The summed E-state index contributed by atoms with van der Waals surface area (Å²) in [7, 11) is 0. The first-order valence-corrected chi connectivity index (χ1v) is 6.84. The Morgan fingerprint density at radius 3 is 2.68 bits per heavy atom. The summed E-state index contributed by atoms with van der Waals surface area (Å²) in [6, 6.07) is 6.52. The SMILES string of the molecule is Cc1ccc(C)c(N2CCN(C(C)CN)CC2=O)c1. The molecule has 0 radical (unpaired) electrons.